The molecular formula is C8H7N5O2. The van der Waals surface area contributed by atoms with Gasteiger partial charge in [-0.2, -0.15) is 5.11 Å². The number of guanidine groups is 1. The van der Waals surface area contributed by atoms with Crippen LogP contribution in [0.15, 0.2) is 45.7 Å². The maximum Gasteiger partial charge on any atom is 0.315 e. The van der Waals surface area contributed by atoms with Gasteiger partial charge >= 0.3 is 5.96 Å². The minimum absolute atomic E-state index is 0.0751. The number of hydrazone groups is 1. The Hall–Kier alpha value is -2.31. The quantitative estimate of drug-likeness (QED) is 0.582. The number of azo groups is 1. The van der Waals surface area contributed by atoms with Gasteiger partial charge in [-0.1, -0.05) is 30.3 Å². The largest absolute Gasteiger partial charge is 0.321 e. The van der Waals surface area contributed by atoms with E-state index in [0.29, 0.717) is 0 Å². The Balaban J connectivity index is 2.13. The SMILES string of the molecule is O=[N+]([O-])/N=C1\N=N[C@H](c2ccccc2)N1. The van der Waals surface area contributed by atoms with E-state index in [4.69, 9.17) is 0 Å². The molecule has 1 aromatic rings. The van der Waals surface area contributed by atoms with E-state index >= 15 is 0 Å². The second kappa shape index (κ2) is 3.82. The summed E-state index contributed by atoms with van der Waals surface area (Å²) in [6.07, 6.45) is -0.384. The number of nitrogens with one attached hydrogen (secondary N) is 1. The Morgan fingerprint density at radius 3 is 2.80 bits per heavy atom. The van der Waals surface area contributed by atoms with Crippen LogP contribution in [0.4, 0.5) is 0 Å². The van der Waals surface area contributed by atoms with E-state index in [-0.39, 0.29) is 12.1 Å². The molecule has 2 rings (SSSR count). The highest BCUT2D eigenvalue weighted by Crippen LogP contribution is 2.18. The summed E-state index contributed by atoms with van der Waals surface area (Å²) < 4.78 is 0. The molecule has 1 N–H and O–H groups in total. The zero-order chi connectivity index (χ0) is 10.7. The number of hydrogen-bond acceptors (Lipinski definition) is 3. The van der Waals surface area contributed by atoms with E-state index in [2.05, 4.69) is 20.6 Å². The van der Waals surface area contributed by atoms with Gasteiger partial charge in [-0.15, -0.1) is 5.11 Å². The fourth-order valence-corrected chi connectivity index (χ4v) is 1.20. The lowest BCUT2D eigenvalue weighted by Gasteiger charge is -2.05. The highest BCUT2D eigenvalue weighted by atomic mass is 16.7. The van der Waals surface area contributed by atoms with Crippen molar-refractivity contribution < 1.29 is 5.03 Å². The second-order valence-electron chi connectivity index (χ2n) is 2.83. The minimum atomic E-state index is -0.811. The number of rotatable bonds is 2. The van der Waals surface area contributed by atoms with E-state index in [1.807, 2.05) is 30.3 Å². The van der Waals surface area contributed by atoms with Crippen molar-refractivity contribution in [2.75, 3.05) is 0 Å². The first-order valence-electron chi connectivity index (χ1n) is 4.21. The van der Waals surface area contributed by atoms with Crippen molar-refractivity contribution in [3.8, 4) is 0 Å². The predicted molar refractivity (Wildman–Crippen MR) is 51.6 cm³/mol. The average molecular weight is 205 g/mol. The minimum Gasteiger partial charge on any atom is -0.321 e. The smallest absolute Gasteiger partial charge is 0.315 e. The van der Waals surface area contributed by atoms with Crippen molar-refractivity contribution >= 4 is 5.96 Å². The van der Waals surface area contributed by atoms with Crippen LogP contribution in [-0.2, 0) is 0 Å². The van der Waals surface area contributed by atoms with Crippen molar-refractivity contribution in [1.29, 1.82) is 0 Å². The van der Waals surface area contributed by atoms with E-state index in [0.717, 1.165) is 5.56 Å². The van der Waals surface area contributed by atoms with Gasteiger partial charge in [0.1, 0.15) is 5.10 Å². The van der Waals surface area contributed by atoms with Crippen LogP contribution in [0.25, 0.3) is 0 Å². The zero-order valence-electron chi connectivity index (χ0n) is 7.57. The van der Waals surface area contributed by atoms with Crippen LogP contribution in [0.1, 0.15) is 11.7 Å². The molecule has 1 atom stereocenters. The van der Waals surface area contributed by atoms with Crippen LogP contribution in [-0.4, -0.2) is 11.0 Å². The molecule has 0 radical (unpaired) electrons. The molecule has 1 aliphatic rings. The summed E-state index contributed by atoms with van der Waals surface area (Å²) in [6.45, 7) is 0. The molecule has 0 saturated carbocycles. The molecule has 0 unspecified atom stereocenters. The average Bonchev–Trinajstić information content (AvgIpc) is 2.67. The van der Waals surface area contributed by atoms with Crippen LogP contribution in [0.3, 0.4) is 0 Å². The Bertz CT molecular complexity index is 428. The van der Waals surface area contributed by atoms with Crippen LogP contribution in [0.2, 0.25) is 0 Å². The van der Waals surface area contributed by atoms with Crippen molar-refractivity contribution in [2.24, 2.45) is 15.3 Å². The normalized spacial score (nSPS) is 21.6. The van der Waals surface area contributed by atoms with Crippen LogP contribution >= 0.6 is 0 Å². The summed E-state index contributed by atoms with van der Waals surface area (Å²) in [4.78, 5) is 10.1. The topological polar surface area (TPSA) is 92.2 Å². The maximum absolute atomic E-state index is 10.1. The molecule has 7 heteroatoms. The first kappa shape index (κ1) is 9.25. The summed E-state index contributed by atoms with van der Waals surface area (Å²) in [5.74, 6) is -0.0751. The number of nitro groups is 1. The molecule has 1 aliphatic heterocycles. The summed E-state index contributed by atoms with van der Waals surface area (Å²) >= 11 is 0. The Labute approximate surface area is 84.7 Å². The fourth-order valence-electron chi connectivity index (χ4n) is 1.20. The molecule has 0 amide bonds. The molecule has 1 heterocycles. The third kappa shape index (κ3) is 2.13. The molecule has 0 aromatic heterocycles. The standard InChI is InChI=1S/C8H7N5O2/c14-13(15)12-8-9-7(10-11-8)6-4-2-1-3-5-6/h1-5,7H,(H,9,12)/t7-/m1/s1. The van der Waals surface area contributed by atoms with Crippen molar-refractivity contribution in [1.82, 2.24) is 5.32 Å². The maximum atomic E-state index is 10.1. The van der Waals surface area contributed by atoms with E-state index in [9.17, 15) is 10.1 Å². The van der Waals surface area contributed by atoms with Gasteiger partial charge in [0, 0.05) is 0 Å². The van der Waals surface area contributed by atoms with E-state index < -0.39 is 5.03 Å². The predicted octanol–water partition coefficient (Wildman–Crippen LogP) is 1.29. The van der Waals surface area contributed by atoms with E-state index in [1.165, 1.54) is 0 Å². The van der Waals surface area contributed by atoms with Gasteiger partial charge in [0.05, 0.1) is 0 Å². The lowest BCUT2D eigenvalue weighted by atomic mass is 10.2. The zero-order valence-corrected chi connectivity index (χ0v) is 7.57. The van der Waals surface area contributed by atoms with Crippen LogP contribution in [0, 0.1) is 10.1 Å². The third-order valence-electron chi connectivity index (χ3n) is 1.83. The van der Waals surface area contributed by atoms with Gasteiger partial charge in [0.2, 0.25) is 0 Å². The summed E-state index contributed by atoms with van der Waals surface area (Å²) in [6, 6.07) is 9.30. The summed E-state index contributed by atoms with van der Waals surface area (Å²) in [7, 11) is 0. The summed E-state index contributed by atoms with van der Waals surface area (Å²) in [5, 5.41) is 22.4. The van der Waals surface area contributed by atoms with Crippen molar-refractivity contribution in [3.05, 3.63) is 46.0 Å². The lowest BCUT2D eigenvalue weighted by molar-refractivity contribution is -0.485. The van der Waals surface area contributed by atoms with Gasteiger partial charge in [0.15, 0.2) is 11.2 Å². The van der Waals surface area contributed by atoms with Crippen molar-refractivity contribution in [2.45, 2.75) is 6.17 Å². The fraction of sp³-hybridized carbons (Fsp3) is 0.125. The molecule has 0 aliphatic carbocycles. The Morgan fingerprint density at radius 2 is 2.13 bits per heavy atom. The molecule has 0 saturated heterocycles. The molecule has 15 heavy (non-hydrogen) atoms. The Kier molecular flexibility index (Phi) is 2.36. The number of nitrogens with zero attached hydrogens (tertiary/aromatic N) is 4. The molecule has 0 fully saturated rings. The van der Waals surface area contributed by atoms with Crippen molar-refractivity contribution in [3.63, 3.8) is 0 Å². The highest BCUT2D eigenvalue weighted by Gasteiger charge is 2.20. The van der Waals surface area contributed by atoms with Crippen LogP contribution in [0.5, 0.6) is 0 Å². The molecule has 0 bridgehead atoms. The third-order valence-corrected chi connectivity index (χ3v) is 1.83. The second-order valence-corrected chi connectivity index (χ2v) is 2.83. The molecule has 0 spiro atoms. The molecule has 7 nitrogen and oxygen atoms in total. The first-order chi connectivity index (χ1) is 7.25. The van der Waals surface area contributed by atoms with Gasteiger partial charge in [-0.05, 0) is 5.56 Å². The number of hydrogen-bond donors (Lipinski definition) is 1. The molecule has 1 aromatic carbocycles. The number of benzene rings is 1. The first-order valence-corrected chi connectivity index (χ1v) is 4.21. The van der Waals surface area contributed by atoms with Gasteiger partial charge in [-0.25, -0.2) is 10.1 Å². The Morgan fingerprint density at radius 1 is 1.40 bits per heavy atom. The van der Waals surface area contributed by atoms with Crippen LogP contribution < -0.4 is 5.32 Å². The van der Waals surface area contributed by atoms with Gasteiger partial charge < -0.3 is 5.32 Å². The monoisotopic (exact) mass is 205 g/mol. The molecular weight excluding hydrogens is 198 g/mol. The lowest BCUT2D eigenvalue weighted by Crippen LogP contribution is -2.20. The highest BCUT2D eigenvalue weighted by molar-refractivity contribution is 5.81. The van der Waals surface area contributed by atoms with E-state index in [1.54, 1.807) is 0 Å². The van der Waals surface area contributed by atoms with Gasteiger partial charge in [0.25, 0.3) is 0 Å². The molecule has 76 valence electrons. The summed E-state index contributed by atoms with van der Waals surface area (Å²) in [5.41, 5.74) is 0.884. The van der Waals surface area contributed by atoms with Gasteiger partial charge in [-0.3, -0.25) is 0 Å².